The van der Waals surface area contributed by atoms with Gasteiger partial charge in [0.2, 0.25) is 0 Å². The van der Waals surface area contributed by atoms with E-state index in [4.69, 9.17) is 11.5 Å². The number of aliphatic hydroxyl groups is 4. The van der Waals surface area contributed by atoms with Crippen molar-refractivity contribution in [2.45, 2.75) is 117 Å². The van der Waals surface area contributed by atoms with Gasteiger partial charge in [-0.2, -0.15) is 0 Å². The highest BCUT2D eigenvalue weighted by Gasteiger charge is 2.43. The maximum Gasteiger partial charge on any atom is 0.251 e. The molecule has 0 spiro atoms. The zero-order chi connectivity index (χ0) is 27.7. The quantitative estimate of drug-likeness (QED) is 0.206. The number of nitrogens with one attached hydrogen (secondary N) is 2. The van der Waals surface area contributed by atoms with Gasteiger partial charge in [0.1, 0.15) is 12.2 Å². The summed E-state index contributed by atoms with van der Waals surface area (Å²) in [4.78, 5) is 25.0. The lowest BCUT2D eigenvalue weighted by Crippen LogP contribution is -2.56. The van der Waals surface area contributed by atoms with Crippen LogP contribution in [0.2, 0.25) is 0 Å². The predicted octanol–water partition coefficient (Wildman–Crippen LogP) is -0.250. The van der Waals surface area contributed by atoms with Gasteiger partial charge in [0, 0.05) is 25.2 Å². The predicted molar refractivity (Wildman–Crippen MR) is 137 cm³/mol. The molecule has 210 valence electrons. The largest absolute Gasteiger partial charge is 0.387 e. The van der Waals surface area contributed by atoms with Crippen LogP contribution in [0.25, 0.3) is 0 Å². The van der Waals surface area contributed by atoms with Crippen molar-refractivity contribution in [1.29, 1.82) is 0 Å². The molecular weight excluding hydrogens is 464 g/mol. The molecule has 2 saturated carbocycles. The van der Waals surface area contributed by atoms with Gasteiger partial charge in [0.05, 0.1) is 0 Å². The number of carbonyl (C=O) groups is 2. The molecule has 0 saturated heterocycles. The van der Waals surface area contributed by atoms with Crippen LogP contribution in [0.5, 0.6) is 0 Å². The first-order valence-electron chi connectivity index (χ1n) is 13.1. The number of rotatable bonds is 9. The van der Waals surface area contributed by atoms with E-state index in [1.54, 1.807) is 0 Å². The molecule has 2 aliphatic rings. The third-order valence-corrected chi connectivity index (χ3v) is 7.86. The number of carbonyl (C=O) groups excluding carboxylic acids is 2. The minimum absolute atomic E-state index is 0.000624. The number of nitrogens with two attached hydrogens (primary N) is 2. The molecule has 10 heteroatoms. The minimum Gasteiger partial charge on any atom is -0.387 e. The third-order valence-electron chi connectivity index (χ3n) is 7.86. The van der Waals surface area contributed by atoms with Crippen LogP contribution in [0.4, 0.5) is 0 Å². The van der Waals surface area contributed by atoms with Crippen molar-refractivity contribution in [2.24, 2.45) is 33.1 Å². The van der Waals surface area contributed by atoms with Crippen LogP contribution < -0.4 is 22.1 Å². The van der Waals surface area contributed by atoms with Gasteiger partial charge in [-0.15, -0.1) is 0 Å². The molecule has 0 aliphatic heterocycles. The maximum atomic E-state index is 12.5. The van der Waals surface area contributed by atoms with Crippen LogP contribution in [-0.4, -0.2) is 81.8 Å². The molecule has 0 aromatic carbocycles. The molecule has 0 heterocycles. The van der Waals surface area contributed by atoms with E-state index in [-0.39, 0.29) is 46.8 Å². The van der Waals surface area contributed by atoms with Gasteiger partial charge in [-0.3, -0.25) is 9.59 Å². The minimum atomic E-state index is -2.05. The molecule has 0 aromatic heterocycles. The first-order valence-corrected chi connectivity index (χ1v) is 13.1. The average molecular weight is 515 g/mol. The van der Waals surface area contributed by atoms with E-state index in [0.717, 1.165) is 25.7 Å². The Bertz CT molecular complexity index is 728. The van der Waals surface area contributed by atoms with Crippen LogP contribution in [-0.2, 0) is 9.59 Å². The van der Waals surface area contributed by atoms with Gasteiger partial charge < -0.3 is 42.5 Å². The van der Waals surface area contributed by atoms with Crippen molar-refractivity contribution in [3.63, 3.8) is 0 Å². The Kier molecular flexibility index (Phi) is 9.63. The van der Waals surface area contributed by atoms with E-state index in [9.17, 15) is 30.0 Å². The van der Waals surface area contributed by atoms with Gasteiger partial charge in [0.25, 0.3) is 11.8 Å². The number of hydrogen-bond donors (Lipinski definition) is 8. The van der Waals surface area contributed by atoms with E-state index < -0.39 is 36.2 Å². The Morgan fingerprint density at radius 1 is 0.694 bits per heavy atom. The standard InChI is InChI=1S/C26H50N4O6/c1-23(2)7-15(27)9-25(5,11-23)13-29-21(35)19(33)17(31)18(32)20(34)22(36)30-14-26(6)10-16(28)8-24(3,4)12-26/h15-20,31-34H,7-14,27-28H2,1-6H3,(H,29,35)(H,30,36)/t15?,16?,17-,18-,19-,20+,25?,26?/m0/s1. The first-order chi connectivity index (χ1) is 16.3. The molecule has 0 radical (unpaired) electrons. The molecule has 0 bridgehead atoms. The summed E-state index contributed by atoms with van der Waals surface area (Å²) in [6, 6.07) is -0.00125. The molecule has 2 amide bonds. The fraction of sp³-hybridized carbons (Fsp3) is 0.923. The zero-order valence-corrected chi connectivity index (χ0v) is 22.9. The Hall–Kier alpha value is -1.30. The van der Waals surface area contributed by atoms with E-state index >= 15 is 0 Å². The summed E-state index contributed by atoms with van der Waals surface area (Å²) in [5.41, 5.74) is 11.8. The van der Waals surface area contributed by atoms with E-state index in [1.807, 2.05) is 13.8 Å². The molecule has 2 aliphatic carbocycles. The summed E-state index contributed by atoms with van der Waals surface area (Å²) in [7, 11) is 0. The van der Waals surface area contributed by atoms with Gasteiger partial charge in [0.15, 0.2) is 12.2 Å². The van der Waals surface area contributed by atoms with Crippen LogP contribution >= 0.6 is 0 Å². The highest BCUT2D eigenvalue weighted by Crippen LogP contribution is 2.46. The van der Waals surface area contributed by atoms with E-state index in [2.05, 4.69) is 38.3 Å². The van der Waals surface area contributed by atoms with E-state index in [0.29, 0.717) is 12.8 Å². The second kappa shape index (κ2) is 11.2. The van der Waals surface area contributed by atoms with Crippen molar-refractivity contribution < 1.29 is 30.0 Å². The van der Waals surface area contributed by atoms with Crippen molar-refractivity contribution in [3.8, 4) is 0 Å². The summed E-state index contributed by atoms with van der Waals surface area (Å²) in [6.07, 6.45) is -3.32. The van der Waals surface area contributed by atoms with Gasteiger partial charge in [-0.25, -0.2) is 0 Å². The van der Waals surface area contributed by atoms with Crippen molar-refractivity contribution >= 4 is 11.8 Å². The van der Waals surface area contributed by atoms with Gasteiger partial charge in [-0.05, 0) is 60.2 Å². The molecule has 4 unspecified atom stereocenters. The molecule has 10 N–H and O–H groups in total. The fourth-order valence-electron chi connectivity index (χ4n) is 7.19. The van der Waals surface area contributed by atoms with Gasteiger partial charge >= 0.3 is 0 Å². The molecule has 2 fully saturated rings. The lowest BCUT2D eigenvalue weighted by atomic mass is 9.63. The lowest BCUT2D eigenvalue weighted by Gasteiger charge is -2.46. The monoisotopic (exact) mass is 514 g/mol. The average Bonchev–Trinajstić information content (AvgIpc) is 2.70. The van der Waals surface area contributed by atoms with Gasteiger partial charge in [-0.1, -0.05) is 41.5 Å². The van der Waals surface area contributed by atoms with Crippen molar-refractivity contribution in [1.82, 2.24) is 10.6 Å². The molecule has 2 rings (SSSR count). The zero-order valence-electron chi connectivity index (χ0n) is 22.9. The summed E-state index contributed by atoms with van der Waals surface area (Å²) in [5.74, 6) is -1.78. The topological polar surface area (TPSA) is 191 Å². The third kappa shape index (κ3) is 8.36. The first kappa shape index (κ1) is 30.9. The second-order valence-electron chi connectivity index (χ2n) is 13.9. The van der Waals surface area contributed by atoms with Crippen LogP contribution in [0.3, 0.4) is 0 Å². The SMILES string of the molecule is CC1(C)CC(N)CC(C)(CNC(=O)[C@@H](O)[C@@H](O)[C@H](O)[C@@H](O)C(=O)NCC2(C)CC(N)CC(C)(C)C2)C1. The molecule has 10 nitrogen and oxygen atoms in total. The Balaban J connectivity index is 1.89. The highest BCUT2D eigenvalue weighted by molar-refractivity contribution is 5.83. The van der Waals surface area contributed by atoms with Crippen LogP contribution in [0.15, 0.2) is 0 Å². The Labute approximate surface area is 215 Å². The summed E-state index contributed by atoms with van der Waals surface area (Å²) >= 11 is 0. The number of aliphatic hydroxyl groups excluding tert-OH is 4. The summed E-state index contributed by atoms with van der Waals surface area (Å²) in [6.45, 7) is 13.0. The molecule has 36 heavy (non-hydrogen) atoms. The van der Waals surface area contributed by atoms with Crippen molar-refractivity contribution in [2.75, 3.05) is 13.1 Å². The molecule has 8 atom stereocenters. The second-order valence-corrected chi connectivity index (χ2v) is 13.9. The number of amides is 2. The Morgan fingerprint density at radius 3 is 1.28 bits per heavy atom. The summed E-state index contributed by atoms with van der Waals surface area (Å²) < 4.78 is 0. The fourth-order valence-corrected chi connectivity index (χ4v) is 7.19. The molecule has 0 aromatic rings. The normalized spacial score (nSPS) is 35.2. The number of hydrogen-bond acceptors (Lipinski definition) is 8. The maximum absolute atomic E-state index is 12.5. The smallest absolute Gasteiger partial charge is 0.251 e. The van der Waals surface area contributed by atoms with Crippen LogP contribution in [0, 0.1) is 21.7 Å². The molecular formula is C26H50N4O6. The highest BCUT2D eigenvalue weighted by atomic mass is 16.4. The lowest BCUT2D eigenvalue weighted by molar-refractivity contribution is -0.156. The Morgan fingerprint density at radius 2 is 1.00 bits per heavy atom. The van der Waals surface area contributed by atoms with Crippen molar-refractivity contribution in [3.05, 3.63) is 0 Å². The van der Waals surface area contributed by atoms with Crippen LogP contribution in [0.1, 0.15) is 80.1 Å². The van der Waals surface area contributed by atoms with E-state index in [1.165, 1.54) is 0 Å². The summed E-state index contributed by atoms with van der Waals surface area (Å²) in [5, 5.41) is 46.6.